The van der Waals surface area contributed by atoms with Crippen molar-refractivity contribution in [1.29, 1.82) is 0 Å². The van der Waals surface area contributed by atoms with E-state index in [1.165, 1.54) is 5.56 Å². The normalized spacial score (nSPS) is 15.4. The molecule has 0 saturated carbocycles. The summed E-state index contributed by atoms with van der Waals surface area (Å²) in [7, 11) is 0. The topological polar surface area (TPSA) is 41.6 Å². The zero-order valence-electron chi connectivity index (χ0n) is 11.7. The second-order valence-corrected chi connectivity index (χ2v) is 5.00. The number of hydrogen-bond acceptors (Lipinski definition) is 3. The second kappa shape index (κ2) is 6.57. The molecule has 0 radical (unpaired) electrons. The van der Waals surface area contributed by atoms with Crippen LogP contribution in [0.15, 0.2) is 18.2 Å². The minimum absolute atomic E-state index is 0.186. The van der Waals surface area contributed by atoms with Crippen LogP contribution in [-0.4, -0.2) is 43.6 Å². The Kier molecular flexibility index (Phi) is 4.80. The Hall–Kier alpha value is -1.55. The molecule has 0 spiro atoms. The van der Waals surface area contributed by atoms with Gasteiger partial charge in [0, 0.05) is 26.2 Å². The molecule has 1 fully saturated rings. The van der Waals surface area contributed by atoms with E-state index in [0.29, 0.717) is 13.0 Å². The van der Waals surface area contributed by atoms with Crippen LogP contribution in [0.4, 0.5) is 0 Å². The van der Waals surface area contributed by atoms with Crippen LogP contribution in [0.3, 0.4) is 0 Å². The van der Waals surface area contributed by atoms with Crippen molar-refractivity contribution in [3.8, 4) is 5.75 Å². The molecule has 2 rings (SSSR count). The zero-order valence-corrected chi connectivity index (χ0v) is 11.7. The van der Waals surface area contributed by atoms with Gasteiger partial charge in [0.1, 0.15) is 5.75 Å². The third-order valence-corrected chi connectivity index (χ3v) is 3.37. The number of ether oxygens (including phenoxy) is 1. The summed E-state index contributed by atoms with van der Waals surface area (Å²) in [6.45, 7) is 7.94. The van der Waals surface area contributed by atoms with Crippen molar-refractivity contribution in [3.63, 3.8) is 0 Å². The van der Waals surface area contributed by atoms with E-state index < -0.39 is 0 Å². The van der Waals surface area contributed by atoms with Gasteiger partial charge >= 0.3 is 0 Å². The van der Waals surface area contributed by atoms with Gasteiger partial charge in [-0.05, 0) is 25.5 Å². The number of benzene rings is 1. The number of nitrogens with zero attached hydrogens (tertiary/aromatic N) is 1. The van der Waals surface area contributed by atoms with Gasteiger partial charge in [-0.15, -0.1) is 0 Å². The van der Waals surface area contributed by atoms with Crippen LogP contribution in [0.25, 0.3) is 0 Å². The Morgan fingerprint density at radius 2 is 2.05 bits per heavy atom. The summed E-state index contributed by atoms with van der Waals surface area (Å²) in [5.74, 6) is 1.06. The summed E-state index contributed by atoms with van der Waals surface area (Å²) in [6, 6.07) is 6.09. The molecule has 19 heavy (non-hydrogen) atoms. The van der Waals surface area contributed by atoms with E-state index in [1.54, 1.807) is 0 Å². The summed E-state index contributed by atoms with van der Waals surface area (Å²) in [4.78, 5) is 13.9. The van der Waals surface area contributed by atoms with Crippen LogP contribution in [0.5, 0.6) is 5.75 Å². The van der Waals surface area contributed by atoms with Crippen molar-refractivity contribution in [1.82, 2.24) is 10.2 Å². The van der Waals surface area contributed by atoms with Crippen molar-refractivity contribution in [3.05, 3.63) is 29.3 Å². The third-order valence-electron chi connectivity index (χ3n) is 3.37. The van der Waals surface area contributed by atoms with E-state index >= 15 is 0 Å². The fourth-order valence-corrected chi connectivity index (χ4v) is 2.28. The van der Waals surface area contributed by atoms with Crippen LogP contribution >= 0.6 is 0 Å². The first-order valence-corrected chi connectivity index (χ1v) is 6.85. The summed E-state index contributed by atoms with van der Waals surface area (Å²) in [5.41, 5.74) is 2.34. The highest BCUT2D eigenvalue weighted by atomic mass is 16.5. The zero-order chi connectivity index (χ0) is 13.7. The Morgan fingerprint density at radius 3 is 2.74 bits per heavy atom. The molecule has 1 saturated heterocycles. The van der Waals surface area contributed by atoms with Gasteiger partial charge in [-0.1, -0.05) is 17.7 Å². The first-order chi connectivity index (χ1) is 9.16. The molecule has 0 atom stereocenters. The number of aryl methyl sites for hydroxylation is 2. The number of piperazine rings is 1. The molecule has 0 aromatic heterocycles. The van der Waals surface area contributed by atoms with E-state index in [1.807, 2.05) is 24.0 Å². The molecule has 4 heteroatoms. The average Bonchev–Trinajstić information content (AvgIpc) is 2.42. The van der Waals surface area contributed by atoms with Crippen molar-refractivity contribution in [2.45, 2.75) is 20.3 Å². The lowest BCUT2D eigenvalue weighted by Gasteiger charge is -2.27. The van der Waals surface area contributed by atoms with Crippen molar-refractivity contribution < 1.29 is 9.53 Å². The monoisotopic (exact) mass is 262 g/mol. The summed E-state index contributed by atoms with van der Waals surface area (Å²) in [6.07, 6.45) is 0.452. The Labute approximate surface area is 114 Å². The quantitative estimate of drug-likeness (QED) is 0.894. The average molecular weight is 262 g/mol. The van der Waals surface area contributed by atoms with Crippen LogP contribution in [0.1, 0.15) is 17.5 Å². The Balaban J connectivity index is 1.78. The third kappa shape index (κ3) is 3.96. The Bertz CT molecular complexity index is 440. The van der Waals surface area contributed by atoms with Crippen molar-refractivity contribution in [2.24, 2.45) is 0 Å². The van der Waals surface area contributed by atoms with E-state index in [9.17, 15) is 4.79 Å². The van der Waals surface area contributed by atoms with Gasteiger partial charge in [-0.2, -0.15) is 0 Å². The maximum absolute atomic E-state index is 11.9. The largest absolute Gasteiger partial charge is 0.493 e. The van der Waals surface area contributed by atoms with Crippen molar-refractivity contribution >= 4 is 5.91 Å². The van der Waals surface area contributed by atoms with E-state index in [4.69, 9.17) is 4.74 Å². The minimum Gasteiger partial charge on any atom is -0.493 e. The molecule has 1 amide bonds. The van der Waals surface area contributed by atoms with E-state index in [0.717, 1.165) is 37.5 Å². The molecule has 104 valence electrons. The molecular weight excluding hydrogens is 240 g/mol. The predicted molar refractivity (Wildman–Crippen MR) is 75.5 cm³/mol. The molecule has 0 bridgehead atoms. The molecule has 1 N–H and O–H groups in total. The molecule has 1 aliphatic rings. The predicted octanol–water partition coefficient (Wildman–Crippen LogP) is 1.50. The number of hydrogen-bond donors (Lipinski definition) is 1. The maximum Gasteiger partial charge on any atom is 0.226 e. The first kappa shape index (κ1) is 13.9. The maximum atomic E-state index is 11.9. The molecule has 0 unspecified atom stereocenters. The lowest BCUT2D eigenvalue weighted by molar-refractivity contribution is -0.132. The molecular formula is C15H22N2O2. The number of carbonyl (C=O) groups excluding carboxylic acids is 1. The van der Waals surface area contributed by atoms with Gasteiger partial charge in [0.15, 0.2) is 0 Å². The highest BCUT2D eigenvalue weighted by Crippen LogP contribution is 2.18. The fourth-order valence-electron chi connectivity index (χ4n) is 2.28. The first-order valence-electron chi connectivity index (χ1n) is 6.85. The van der Waals surface area contributed by atoms with Gasteiger partial charge in [-0.25, -0.2) is 0 Å². The summed E-state index contributed by atoms with van der Waals surface area (Å²) in [5, 5.41) is 3.24. The number of nitrogens with one attached hydrogen (secondary N) is 1. The van der Waals surface area contributed by atoms with Crippen molar-refractivity contribution in [2.75, 3.05) is 32.8 Å². The smallest absolute Gasteiger partial charge is 0.226 e. The van der Waals surface area contributed by atoms with Gasteiger partial charge in [-0.3, -0.25) is 4.79 Å². The summed E-state index contributed by atoms with van der Waals surface area (Å²) < 4.78 is 5.69. The van der Waals surface area contributed by atoms with Gasteiger partial charge in [0.05, 0.1) is 13.0 Å². The van der Waals surface area contributed by atoms with Gasteiger partial charge < -0.3 is 15.0 Å². The molecule has 1 aliphatic heterocycles. The fraction of sp³-hybridized carbons (Fsp3) is 0.533. The standard InChI is InChI=1S/C15H22N2O2/c1-12-3-4-14(13(2)11-12)19-10-5-15(18)17-8-6-16-7-9-17/h3-4,11,16H,5-10H2,1-2H3. The van der Waals surface area contributed by atoms with Crippen LogP contribution in [-0.2, 0) is 4.79 Å². The lowest BCUT2D eigenvalue weighted by atomic mass is 10.1. The SMILES string of the molecule is Cc1ccc(OCCC(=O)N2CCNCC2)c(C)c1. The van der Waals surface area contributed by atoms with Crippen LogP contribution in [0, 0.1) is 13.8 Å². The lowest BCUT2D eigenvalue weighted by Crippen LogP contribution is -2.46. The highest BCUT2D eigenvalue weighted by molar-refractivity contribution is 5.76. The van der Waals surface area contributed by atoms with Crippen LogP contribution < -0.4 is 10.1 Å². The van der Waals surface area contributed by atoms with E-state index in [-0.39, 0.29) is 5.91 Å². The minimum atomic E-state index is 0.186. The highest BCUT2D eigenvalue weighted by Gasteiger charge is 2.15. The molecule has 0 aliphatic carbocycles. The van der Waals surface area contributed by atoms with Crippen LogP contribution in [0.2, 0.25) is 0 Å². The number of rotatable bonds is 4. The molecule has 1 aromatic carbocycles. The molecule has 1 heterocycles. The Morgan fingerprint density at radius 1 is 1.32 bits per heavy atom. The molecule has 1 aromatic rings. The van der Waals surface area contributed by atoms with Gasteiger partial charge in [0.25, 0.3) is 0 Å². The summed E-state index contributed by atoms with van der Waals surface area (Å²) >= 11 is 0. The van der Waals surface area contributed by atoms with E-state index in [2.05, 4.69) is 18.3 Å². The molecule has 4 nitrogen and oxygen atoms in total. The number of amides is 1. The second-order valence-electron chi connectivity index (χ2n) is 5.00. The van der Waals surface area contributed by atoms with Gasteiger partial charge in [0.2, 0.25) is 5.91 Å². The number of carbonyl (C=O) groups is 1.